The van der Waals surface area contributed by atoms with Crippen LogP contribution in [0.3, 0.4) is 0 Å². The summed E-state index contributed by atoms with van der Waals surface area (Å²) in [6, 6.07) is 9.46. The molecule has 0 unspecified atom stereocenters. The Morgan fingerprint density at radius 2 is 1.76 bits per heavy atom. The van der Waals surface area contributed by atoms with Gasteiger partial charge >= 0.3 is 0 Å². The second-order valence-electron chi connectivity index (χ2n) is 9.18. The van der Waals surface area contributed by atoms with E-state index >= 15 is 0 Å². The lowest BCUT2D eigenvalue weighted by Gasteiger charge is -2.47. The van der Waals surface area contributed by atoms with Crippen LogP contribution in [0.5, 0.6) is 0 Å². The molecule has 0 bridgehead atoms. The summed E-state index contributed by atoms with van der Waals surface area (Å²) in [5, 5.41) is 19.3. The Balaban J connectivity index is 1.57. The van der Waals surface area contributed by atoms with Crippen molar-refractivity contribution in [1.29, 1.82) is 0 Å². The monoisotopic (exact) mass is 399 g/mol. The molecule has 160 valence electrons. The average molecular weight is 400 g/mol. The summed E-state index contributed by atoms with van der Waals surface area (Å²) in [4.78, 5) is 7.61. The third kappa shape index (κ3) is 6.80. The summed E-state index contributed by atoms with van der Waals surface area (Å²) in [5.41, 5.74) is 1.25. The van der Waals surface area contributed by atoms with Gasteiger partial charge in [0.05, 0.1) is 0 Å². The molecule has 29 heavy (non-hydrogen) atoms. The van der Waals surface area contributed by atoms with E-state index in [-0.39, 0.29) is 6.61 Å². The second kappa shape index (κ2) is 10.1. The van der Waals surface area contributed by atoms with E-state index in [0.717, 1.165) is 38.2 Å². The first-order chi connectivity index (χ1) is 13.8. The van der Waals surface area contributed by atoms with Crippen molar-refractivity contribution in [1.82, 2.24) is 14.7 Å². The quantitative estimate of drug-likeness (QED) is 0.739. The van der Waals surface area contributed by atoms with Gasteiger partial charge in [-0.2, -0.15) is 0 Å². The van der Waals surface area contributed by atoms with Crippen molar-refractivity contribution < 1.29 is 10.2 Å². The number of rotatable bonds is 5. The number of aliphatic hydroxyl groups excluding tert-OH is 1. The Bertz CT molecular complexity index is 694. The zero-order chi connectivity index (χ0) is 20.9. The third-order valence-electron chi connectivity index (χ3n) is 6.10. The predicted molar refractivity (Wildman–Crippen MR) is 118 cm³/mol. The first-order valence-corrected chi connectivity index (χ1v) is 11.0. The molecule has 5 nitrogen and oxygen atoms in total. The number of nitrogens with zero attached hydrogens (tertiary/aromatic N) is 3. The van der Waals surface area contributed by atoms with Crippen LogP contribution >= 0.6 is 0 Å². The van der Waals surface area contributed by atoms with Crippen LogP contribution in [0.25, 0.3) is 0 Å². The summed E-state index contributed by atoms with van der Waals surface area (Å²) in [5.74, 6) is 5.89. The van der Waals surface area contributed by atoms with Gasteiger partial charge in [-0.1, -0.05) is 24.0 Å². The molecule has 2 saturated heterocycles. The highest BCUT2D eigenvalue weighted by Gasteiger charge is 2.32. The van der Waals surface area contributed by atoms with E-state index in [4.69, 9.17) is 0 Å². The Kier molecular flexibility index (Phi) is 7.72. The molecule has 0 aromatic heterocycles. The number of hydrogen-bond donors (Lipinski definition) is 2. The molecule has 5 heteroatoms. The van der Waals surface area contributed by atoms with E-state index in [0.29, 0.717) is 12.1 Å². The van der Waals surface area contributed by atoms with Crippen LogP contribution in [-0.2, 0) is 6.54 Å². The van der Waals surface area contributed by atoms with Crippen molar-refractivity contribution >= 4 is 0 Å². The minimum Gasteiger partial charge on any atom is -0.396 e. The molecule has 0 spiro atoms. The van der Waals surface area contributed by atoms with Crippen molar-refractivity contribution in [3.8, 4) is 11.8 Å². The van der Waals surface area contributed by atoms with Gasteiger partial charge in [0.15, 0.2) is 0 Å². The van der Waals surface area contributed by atoms with E-state index in [1.165, 1.54) is 31.5 Å². The largest absolute Gasteiger partial charge is 0.396 e. The van der Waals surface area contributed by atoms with Crippen LogP contribution in [0.1, 0.15) is 44.2 Å². The van der Waals surface area contributed by atoms with Gasteiger partial charge in [0.2, 0.25) is 0 Å². The van der Waals surface area contributed by atoms with Crippen LogP contribution in [0.4, 0.5) is 0 Å². The predicted octanol–water partition coefficient (Wildman–Crippen LogP) is 1.77. The lowest BCUT2D eigenvalue weighted by atomic mass is 9.98. The van der Waals surface area contributed by atoms with E-state index in [2.05, 4.69) is 45.7 Å². The average Bonchev–Trinajstić information content (AvgIpc) is 2.68. The molecule has 1 aromatic carbocycles. The second-order valence-corrected chi connectivity index (χ2v) is 9.18. The zero-order valence-corrected chi connectivity index (χ0v) is 18.3. The number of benzene rings is 1. The highest BCUT2D eigenvalue weighted by atomic mass is 16.3. The molecule has 2 heterocycles. The smallest absolute Gasteiger partial charge is 0.120 e. The number of likely N-dealkylation sites (tertiary alicyclic amines) is 1. The number of piperidine rings is 1. The molecule has 2 N–H and O–H groups in total. The number of aliphatic hydroxyl groups is 2. The highest BCUT2D eigenvalue weighted by Crippen LogP contribution is 2.23. The van der Waals surface area contributed by atoms with Crippen LogP contribution in [0, 0.1) is 11.8 Å². The maximum Gasteiger partial charge on any atom is 0.120 e. The molecule has 1 atom stereocenters. The molecule has 0 radical (unpaired) electrons. The third-order valence-corrected chi connectivity index (χ3v) is 6.10. The number of hydrogen-bond acceptors (Lipinski definition) is 5. The maximum absolute atomic E-state index is 9.74. The summed E-state index contributed by atoms with van der Waals surface area (Å²) in [6.07, 6.45) is 3.34. The zero-order valence-electron chi connectivity index (χ0n) is 18.3. The van der Waals surface area contributed by atoms with E-state index < -0.39 is 5.60 Å². The number of piperazine rings is 1. The van der Waals surface area contributed by atoms with Crippen molar-refractivity contribution in [3.63, 3.8) is 0 Å². The van der Waals surface area contributed by atoms with Gasteiger partial charge in [-0.05, 0) is 70.9 Å². The van der Waals surface area contributed by atoms with Crippen molar-refractivity contribution in [3.05, 3.63) is 35.4 Å². The highest BCUT2D eigenvalue weighted by molar-refractivity contribution is 5.37. The molecule has 0 aliphatic carbocycles. The molecule has 0 amide bonds. The van der Waals surface area contributed by atoms with Crippen LogP contribution in [0.15, 0.2) is 24.3 Å². The lowest BCUT2D eigenvalue weighted by molar-refractivity contribution is 0.00600. The Morgan fingerprint density at radius 1 is 1.07 bits per heavy atom. The molecule has 0 saturated carbocycles. The van der Waals surface area contributed by atoms with Gasteiger partial charge in [0.1, 0.15) is 5.60 Å². The van der Waals surface area contributed by atoms with Gasteiger partial charge in [-0.3, -0.25) is 9.80 Å². The summed E-state index contributed by atoms with van der Waals surface area (Å²) in [6.45, 7) is 10.1. The Labute approximate surface area is 176 Å². The van der Waals surface area contributed by atoms with Crippen LogP contribution in [-0.4, -0.2) is 89.0 Å². The summed E-state index contributed by atoms with van der Waals surface area (Å²) >= 11 is 0. The standard InChI is InChI=1S/C24H37N3O2/c1-24(2,29)12-8-20-4-6-21(7-5-20)18-26-15-16-27(23(19-26)11-17-28)22-9-13-25(3)14-10-22/h4-7,22-23,28-29H,9-11,13-19H2,1-3H3/t23-/m1/s1. The lowest BCUT2D eigenvalue weighted by Crippen LogP contribution is -2.58. The molecule has 2 fully saturated rings. The Hall–Kier alpha value is -1.42. The molecule has 1 aromatic rings. The minimum absolute atomic E-state index is 0.260. The first-order valence-electron chi connectivity index (χ1n) is 11.0. The molecular formula is C24H37N3O2. The minimum atomic E-state index is -0.964. The van der Waals surface area contributed by atoms with Gasteiger partial charge < -0.3 is 15.1 Å². The van der Waals surface area contributed by atoms with Gasteiger partial charge in [0.25, 0.3) is 0 Å². The summed E-state index contributed by atoms with van der Waals surface area (Å²) in [7, 11) is 2.21. The molecule has 2 aliphatic rings. The maximum atomic E-state index is 9.74. The fourth-order valence-corrected chi connectivity index (χ4v) is 4.47. The van der Waals surface area contributed by atoms with Crippen LogP contribution < -0.4 is 0 Å². The van der Waals surface area contributed by atoms with Crippen molar-refractivity contribution in [2.24, 2.45) is 0 Å². The summed E-state index contributed by atoms with van der Waals surface area (Å²) < 4.78 is 0. The van der Waals surface area contributed by atoms with Crippen molar-refractivity contribution in [2.45, 2.75) is 57.3 Å². The first kappa shape index (κ1) is 22.3. The fraction of sp³-hybridized carbons (Fsp3) is 0.667. The molecular weight excluding hydrogens is 362 g/mol. The fourth-order valence-electron chi connectivity index (χ4n) is 4.47. The molecule has 3 rings (SSSR count). The van der Waals surface area contributed by atoms with Gasteiger partial charge in [-0.25, -0.2) is 0 Å². The van der Waals surface area contributed by atoms with Crippen molar-refractivity contribution in [2.75, 3.05) is 46.4 Å². The van der Waals surface area contributed by atoms with E-state index in [1.54, 1.807) is 13.8 Å². The van der Waals surface area contributed by atoms with E-state index in [9.17, 15) is 10.2 Å². The Morgan fingerprint density at radius 3 is 2.38 bits per heavy atom. The van der Waals surface area contributed by atoms with Gasteiger partial charge in [0, 0.05) is 50.4 Å². The van der Waals surface area contributed by atoms with Crippen LogP contribution in [0.2, 0.25) is 0 Å². The normalized spacial score (nSPS) is 23.0. The van der Waals surface area contributed by atoms with E-state index in [1.807, 2.05) is 12.1 Å². The topological polar surface area (TPSA) is 50.2 Å². The SMILES string of the molecule is CN1CCC(N2CCN(Cc3ccc(C#CC(C)(C)O)cc3)C[C@H]2CCO)CC1. The molecule has 2 aliphatic heterocycles. The van der Waals surface area contributed by atoms with Gasteiger partial charge in [-0.15, -0.1) is 0 Å².